The molecule has 0 unspecified atom stereocenters. The minimum atomic E-state index is -3.77. The third-order valence-corrected chi connectivity index (χ3v) is 5.52. The Morgan fingerprint density at radius 3 is 2.00 bits per heavy atom. The molecular weight excluding hydrogens is 378 g/mol. The Morgan fingerprint density at radius 1 is 0.893 bits per heavy atom. The highest BCUT2D eigenvalue weighted by Crippen LogP contribution is 2.14. The second-order valence-electron chi connectivity index (χ2n) is 7.34. The minimum Gasteiger partial charge on any atom is -0.267 e. The Balaban J connectivity index is 2.07. The van der Waals surface area contributed by atoms with Gasteiger partial charge in [0.2, 0.25) is 10.0 Å². The van der Waals surface area contributed by atoms with E-state index in [1.54, 1.807) is 32.9 Å². The molecule has 0 atom stereocenters. The molecule has 0 aromatic heterocycles. The van der Waals surface area contributed by atoms with Gasteiger partial charge in [-0.25, -0.2) is 13.1 Å². The van der Waals surface area contributed by atoms with Crippen LogP contribution >= 0.6 is 0 Å². The fourth-order valence-corrected chi connectivity index (χ4v) is 3.88. The number of sulfonamides is 1. The van der Waals surface area contributed by atoms with E-state index in [4.69, 9.17) is 0 Å². The molecule has 0 spiro atoms. The summed E-state index contributed by atoms with van der Waals surface area (Å²) in [6.07, 6.45) is 0.863. The minimum absolute atomic E-state index is 0.0310. The average molecular weight is 404 g/mol. The van der Waals surface area contributed by atoms with E-state index in [1.807, 2.05) is 19.1 Å². The van der Waals surface area contributed by atoms with Crippen LogP contribution in [-0.4, -0.2) is 25.8 Å². The fraction of sp³-hybridized carbons (Fsp3) is 0.300. The van der Waals surface area contributed by atoms with Crippen LogP contribution in [0.2, 0.25) is 0 Å². The SMILES string of the molecule is CCc1ccc(C(=O)NNC(=O)c2cccc(S(=O)(=O)NC(C)(C)C)c2)cc1. The predicted molar refractivity (Wildman–Crippen MR) is 107 cm³/mol. The molecule has 2 amide bonds. The third kappa shape index (κ3) is 5.90. The van der Waals surface area contributed by atoms with Gasteiger partial charge < -0.3 is 0 Å². The average Bonchev–Trinajstić information content (AvgIpc) is 2.64. The van der Waals surface area contributed by atoms with Gasteiger partial charge in [-0.1, -0.05) is 25.1 Å². The van der Waals surface area contributed by atoms with Crippen LogP contribution in [0.1, 0.15) is 54.0 Å². The monoisotopic (exact) mass is 403 g/mol. The first-order valence-electron chi connectivity index (χ1n) is 8.85. The predicted octanol–water partition coefficient (Wildman–Crippen LogP) is 2.40. The highest BCUT2D eigenvalue weighted by Gasteiger charge is 2.22. The number of rotatable bonds is 5. The molecule has 0 aliphatic heterocycles. The summed E-state index contributed by atoms with van der Waals surface area (Å²) in [4.78, 5) is 24.4. The van der Waals surface area contributed by atoms with E-state index in [0.717, 1.165) is 12.0 Å². The topological polar surface area (TPSA) is 104 Å². The first-order valence-corrected chi connectivity index (χ1v) is 10.3. The van der Waals surface area contributed by atoms with Crippen molar-refractivity contribution in [3.05, 3.63) is 65.2 Å². The number of carbonyl (C=O) groups excluding carboxylic acids is 2. The fourth-order valence-electron chi connectivity index (χ4n) is 2.42. The van der Waals surface area contributed by atoms with Crippen LogP contribution in [0.25, 0.3) is 0 Å². The highest BCUT2D eigenvalue weighted by atomic mass is 32.2. The summed E-state index contributed by atoms with van der Waals surface area (Å²) in [6.45, 7) is 7.19. The Hall–Kier alpha value is -2.71. The zero-order chi connectivity index (χ0) is 20.9. The second kappa shape index (κ2) is 8.53. The number of hydrogen-bond donors (Lipinski definition) is 3. The van der Waals surface area contributed by atoms with Crippen molar-refractivity contribution in [2.45, 2.75) is 44.6 Å². The molecule has 2 aromatic rings. The maximum atomic E-state index is 12.4. The quantitative estimate of drug-likeness (QED) is 0.667. The van der Waals surface area contributed by atoms with Gasteiger partial charge in [0.25, 0.3) is 11.8 Å². The summed E-state index contributed by atoms with van der Waals surface area (Å²) in [5, 5.41) is 0. The normalized spacial score (nSPS) is 11.7. The number of nitrogens with one attached hydrogen (secondary N) is 3. The van der Waals surface area contributed by atoms with Crippen LogP contribution in [-0.2, 0) is 16.4 Å². The summed E-state index contributed by atoms with van der Waals surface area (Å²) in [5.74, 6) is -1.08. The summed E-state index contributed by atoms with van der Waals surface area (Å²) < 4.78 is 27.4. The molecule has 2 aromatic carbocycles. The molecule has 0 fully saturated rings. The van der Waals surface area contributed by atoms with Crippen LogP contribution in [0, 0.1) is 0 Å². The van der Waals surface area contributed by atoms with Crippen LogP contribution in [0.15, 0.2) is 53.4 Å². The van der Waals surface area contributed by atoms with Gasteiger partial charge in [-0.15, -0.1) is 0 Å². The van der Waals surface area contributed by atoms with Gasteiger partial charge >= 0.3 is 0 Å². The molecule has 7 nitrogen and oxygen atoms in total. The Morgan fingerprint density at radius 2 is 1.46 bits per heavy atom. The number of aryl methyl sites for hydroxylation is 1. The third-order valence-electron chi connectivity index (χ3n) is 3.76. The van der Waals surface area contributed by atoms with E-state index in [2.05, 4.69) is 15.6 Å². The van der Waals surface area contributed by atoms with E-state index in [9.17, 15) is 18.0 Å². The molecule has 150 valence electrons. The van der Waals surface area contributed by atoms with Gasteiger partial charge in [0.05, 0.1) is 4.90 Å². The van der Waals surface area contributed by atoms with Gasteiger partial charge in [0.15, 0.2) is 0 Å². The summed E-state index contributed by atoms with van der Waals surface area (Å²) >= 11 is 0. The van der Waals surface area contributed by atoms with Crippen molar-refractivity contribution in [1.29, 1.82) is 0 Å². The van der Waals surface area contributed by atoms with Gasteiger partial charge in [0.1, 0.15) is 0 Å². The Bertz CT molecular complexity index is 962. The van der Waals surface area contributed by atoms with E-state index < -0.39 is 27.4 Å². The molecule has 3 N–H and O–H groups in total. The first kappa shape index (κ1) is 21.6. The lowest BCUT2D eigenvalue weighted by molar-refractivity contribution is 0.0846. The van der Waals surface area contributed by atoms with Gasteiger partial charge in [-0.2, -0.15) is 0 Å². The molecule has 0 radical (unpaired) electrons. The van der Waals surface area contributed by atoms with Gasteiger partial charge in [0, 0.05) is 16.7 Å². The summed E-state index contributed by atoms with van der Waals surface area (Å²) in [5.41, 5.74) is 5.59. The molecule has 0 saturated heterocycles. The second-order valence-corrected chi connectivity index (χ2v) is 9.02. The van der Waals surface area contributed by atoms with Crippen molar-refractivity contribution in [3.63, 3.8) is 0 Å². The van der Waals surface area contributed by atoms with Crippen molar-refractivity contribution < 1.29 is 18.0 Å². The van der Waals surface area contributed by atoms with E-state index in [-0.39, 0.29) is 10.5 Å². The number of amides is 2. The first-order chi connectivity index (χ1) is 13.0. The number of carbonyl (C=O) groups is 2. The van der Waals surface area contributed by atoms with Gasteiger partial charge in [-0.3, -0.25) is 20.4 Å². The van der Waals surface area contributed by atoms with Crippen LogP contribution in [0.5, 0.6) is 0 Å². The zero-order valence-electron chi connectivity index (χ0n) is 16.4. The lowest BCUT2D eigenvalue weighted by Gasteiger charge is -2.20. The van der Waals surface area contributed by atoms with Crippen molar-refractivity contribution >= 4 is 21.8 Å². The van der Waals surface area contributed by atoms with E-state index in [1.165, 1.54) is 24.3 Å². The molecule has 0 heterocycles. The smallest absolute Gasteiger partial charge is 0.267 e. The van der Waals surface area contributed by atoms with E-state index >= 15 is 0 Å². The Kier molecular flexibility index (Phi) is 6.58. The maximum absolute atomic E-state index is 12.4. The lowest BCUT2D eigenvalue weighted by atomic mass is 10.1. The van der Waals surface area contributed by atoms with Crippen LogP contribution < -0.4 is 15.6 Å². The van der Waals surface area contributed by atoms with Gasteiger partial charge in [-0.05, 0) is 63.1 Å². The molecular formula is C20H25N3O4S. The summed E-state index contributed by atoms with van der Waals surface area (Å²) in [7, 11) is -3.77. The molecule has 0 aliphatic carbocycles. The lowest BCUT2D eigenvalue weighted by Crippen LogP contribution is -2.42. The molecule has 0 saturated carbocycles. The molecule has 2 rings (SSSR count). The molecule has 0 aliphatic rings. The molecule has 8 heteroatoms. The van der Waals surface area contributed by atoms with Crippen LogP contribution in [0.3, 0.4) is 0 Å². The number of hydrogen-bond acceptors (Lipinski definition) is 4. The highest BCUT2D eigenvalue weighted by molar-refractivity contribution is 7.89. The van der Waals surface area contributed by atoms with Crippen molar-refractivity contribution in [3.8, 4) is 0 Å². The van der Waals surface area contributed by atoms with Crippen LogP contribution in [0.4, 0.5) is 0 Å². The standard InChI is InChI=1S/C20H25N3O4S/c1-5-14-9-11-15(12-10-14)18(24)21-22-19(25)16-7-6-8-17(13-16)28(26,27)23-20(2,3)4/h6-13,23H,5H2,1-4H3,(H,21,24)(H,22,25). The Labute approximate surface area is 165 Å². The van der Waals surface area contributed by atoms with Crippen molar-refractivity contribution in [2.75, 3.05) is 0 Å². The number of hydrazine groups is 1. The maximum Gasteiger partial charge on any atom is 0.269 e. The zero-order valence-corrected chi connectivity index (χ0v) is 17.2. The van der Waals surface area contributed by atoms with Crippen molar-refractivity contribution in [2.24, 2.45) is 0 Å². The molecule has 0 bridgehead atoms. The van der Waals surface area contributed by atoms with Crippen molar-refractivity contribution in [1.82, 2.24) is 15.6 Å². The molecule has 28 heavy (non-hydrogen) atoms. The summed E-state index contributed by atoms with van der Waals surface area (Å²) in [6, 6.07) is 12.6. The number of benzene rings is 2. The van der Waals surface area contributed by atoms with E-state index in [0.29, 0.717) is 5.56 Å². The largest absolute Gasteiger partial charge is 0.269 e.